The normalized spacial score (nSPS) is 15.0. The first-order valence-electron chi connectivity index (χ1n) is 11.7. The van der Waals surface area contributed by atoms with Gasteiger partial charge in [0.2, 0.25) is 0 Å². The smallest absolute Gasteiger partial charge is 0.378 e. The van der Waals surface area contributed by atoms with Crippen LogP contribution in [0.3, 0.4) is 0 Å². The third-order valence-corrected chi connectivity index (χ3v) is 6.23. The number of carbonyl (C=O) groups is 1. The van der Waals surface area contributed by atoms with Crippen molar-refractivity contribution in [3.63, 3.8) is 0 Å². The number of amides is 1. The number of benzene rings is 2. The highest BCUT2D eigenvalue weighted by atomic mass is 19.4. The summed E-state index contributed by atoms with van der Waals surface area (Å²) >= 11 is 0. The van der Waals surface area contributed by atoms with Gasteiger partial charge in [0.15, 0.2) is 0 Å². The third kappa shape index (κ3) is 6.79. The van der Waals surface area contributed by atoms with Crippen molar-refractivity contribution in [2.24, 2.45) is 0 Å². The fraction of sp³-hybridized carbons (Fsp3) is 0.346. The number of halogens is 3. The number of alkyl halides is 3. The molecule has 1 aliphatic heterocycles. The maximum Gasteiger partial charge on any atom is 0.416 e. The van der Waals surface area contributed by atoms with E-state index in [4.69, 9.17) is 0 Å². The lowest BCUT2D eigenvalue weighted by atomic mass is 10.0. The molecule has 10 heteroatoms. The van der Waals surface area contributed by atoms with Gasteiger partial charge in [-0.25, -0.2) is 9.97 Å². The Morgan fingerprint density at radius 3 is 2.42 bits per heavy atom. The molecule has 0 spiro atoms. The first kappa shape index (κ1) is 25.6. The monoisotopic (exact) mass is 498 g/mol. The zero-order valence-corrected chi connectivity index (χ0v) is 20.3. The molecule has 0 unspecified atom stereocenters. The minimum absolute atomic E-state index is 0.0179. The molecule has 1 fully saturated rings. The summed E-state index contributed by atoms with van der Waals surface area (Å²) in [6.45, 7) is 6.03. The standard InChI is InChI=1S/C26H29F3N6O/c1-18-3-4-23(12-21(18)13-32-24-14-30-17-31-15-24)33-25(36)20-9-19(10-22(11-20)26(27,28)29)16-35-7-5-34(2)6-8-35/h3-4,9-12,14-15,17,32H,5-8,13,16H2,1-2H3,(H,33,36). The molecular weight excluding hydrogens is 469 g/mol. The van der Waals surface area contributed by atoms with E-state index in [1.54, 1.807) is 24.5 Å². The van der Waals surface area contributed by atoms with E-state index in [0.717, 1.165) is 55.1 Å². The van der Waals surface area contributed by atoms with Gasteiger partial charge in [0.05, 0.1) is 23.6 Å². The summed E-state index contributed by atoms with van der Waals surface area (Å²) in [6, 6.07) is 9.00. The third-order valence-electron chi connectivity index (χ3n) is 6.23. The van der Waals surface area contributed by atoms with Crippen LogP contribution >= 0.6 is 0 Å². The number of carbonyl (C=O) groups excluding carboxylic acids is 1. The van der Waals surface area contributed by atoms with Gasteiger partial charge in [0.1, 0.15) is 6.33 Å². The van der Waals surface area contributed by atoms with Crippen LogP contribution in [0.15, 0.2) is 55.1 Å². The number of hydrogen-bond donors (Lipinski definition) is 2. The molecule has 4 rings (SSSR count). The molecule has 1 aromatic heterocycles. The van der Waals surface area contributed by atoms with Crippen LogP contribution in [0.2, 0.25) is 0 Å². The van der Waals surface area contributed by atoms with Crippen LogP contribution in [0, 0.1) is 6.92 Å². The minimum atomic E-state index is -4.54. The quantitative estimate of drug-likeness (QED) is 0.503. The second-order valence-corrected chi connectivity index (χ2v) is 9.07. The molecule has 0 saturated carbocycles. The van der Waals surface area contributed by atoms with E-state index >= 15 is 0 Å². The minimum Gasteiger partial charge on any atom is -0.378 e. The Balaban J connectivity index is 1.51. The van der Waals surface area contributed by atoms with Crippen LogP contribution < -0.4 is 10.6 Å². The number of piperazine rings is 1. The topological polar surface area (TPSA) is 73.4 Å². The molecule has 1 aliphatic rings. The summed E-state index contributed by atoms with van der Waals surface area (Å²) in [6.07, 6.45) is 0.205. The number of hydrogen-bond acceptors (Lipinski definition) is 6. The fourth-order valence-corrected chi connectivity index (χ4v) is 4.07. The summed E-state index contributed by atoms with van der Waals surface area (Å²) in [5.74, 6) is -0.583. The Kier molecular flexibility index (Phi) is 7.85. The molecule has 2 heterocycles. The van der Waals surface area contributed by atoms with Gasteiger partial charge in [-0.05, 0) is 61.0 Å². The number of likely N-dealkylation sites (N-methyl/N-ethyl adjacent to an activating group) is 1. The maximum absolute atomic E-state index is 13.6. The number of nitrogens with zero attached hydrogens (tertiary/aromatic N) is 4. The number of nitrogens with one attached hydrogen (secondary N) is 2. The lowest BCUT2D eigenvalue weighted by Crippen LogP contribution is -2.43. The van der Waals surface area contributed by atoms with Crippen molar-refractivity contribution in [3.8, 4) is 0 Å². The molecule has 7 nitrogen and oxygen atoms in total. The molecule has 190 valence electrons. The van der Waals surface area contributed by atoms with E-state index in [-0.39, 0.29) is 5.56 Å². The predicted octanol–water partition coefficient (Wildman–Crippen LogP) is 4.42. The molecule has 36 heavy (non-hydrogen) atoms. The van der Waals surface area contributed by atoms with Crippen LogP contribution in [-0.2, 0) is 19.3 Å². The summed E-state index contributed by atoms with van der Waals surface area (Å²) in [4.78, 5) is 25.2. The number of aromatic nitrogens is 2. The Hall–Kier alpha value is -3.50. The lowest BCUT2D eigenvalue weighted by molar-refractivity contribution is -0.137. The second-order valence-electron chi connectivity index (χ2n) is 9.07. The number of anilines is 2. The summed E-state index contributed by atoms with van der Waals surface area (Å²) in [7, 11) is 2.02. The van der Waals surface area contributed by atoms with Crippen LogP contribution in [0.1, 0.15) is 32.6 Å². The Labute approximate surface area is 208 Å². The maximum atomic E-state index is 13.6. The molecule has 0 atom stereocenters. The summed E-state index contributed by atoms with van der Waals surface area (Å²) in [5, 5.41) is 5.98. The fourth-order valence-electron chi connectivity index (χ4n) is 4.07. The van der Waals surface area contributed by atoms with Crippen molar-refractivity contribution in [3.05, 3.63) is 82.9 Å². The zero-order valence-electron chi connectivity index (χ0n) is 20.3. The molecule has 3 aromatic rings. The predicted molar refractivity (Wildman–Crippen MR) is 133 cm³/mol. The van der Waals surface area contributed by atoms with Crippen molar-refractivity contribution in [2.45, 2.75) is 26.2 Å². The Morgan fingerprint density at radius 1 is 1.00 bits per heavy atom. The molecule has 2 aromatic carbocycles. The highest BCUT2D eigenvalue weighted by molar-refractivity contribution is 6.04. The van der Waals surface area contributed by atoms with Crippen molar-refractivity contribution in [1.29, 1.82) is 0 Å². The second kappa shape index (κ2) is 11.0. The largest absolute Gasteiger partial charge is 0.416 e. The average Bonchev–Trinajstić information content (AvgIpc) is 2.85. The van der Waals surface area contributed by atoms with Gasteiger partial charge in [-0.1, -0.05) is 6.07 Å². The Morgan fingerprint density at radius 2 is 1.72 bits per heavy atom. The van der Waals surface area contributed by atoms with Gasteiger partial charge in [-0.2, -0.15) is 13.2 Å². The molecular formula is C26H29F3N6O. The van der Waals surface area contributed by atoms with Gasteiger partial charge in [0.25, 0.3) is 5.91 Å². The summed E-state index contributed by atoms with van der Waals surface area (Å²) < 4.78 is 40.9. The van der Waals surface area contributed by atoms with E-state index in [1.165, 1.54) is 6.33 Å². The first-order chi connectivity index (χ1) is 17.2. The first-order valence-corrected chi connectivity index (χ1v) is 11.7. The van der Waals surface area contributed by atoms with Crippen molar-refractivity contribution in [2.75, 3.05) is 43.9 Å². The van der Waals surface area contributed by atoms with Gasteiger partial charge in [0, 0.05) is 50.5 Å². The van der Waals surface area contributed by atoms with Crippen LogP contribution in [-0.4, -0.2) is 58.9 Å². The Bertz CT molecular complexity index is 1190. The van der Waals surface area contributed by atoms with E-state index in [1.807, 2.05) is 26.1 Å². The summed E-state index contributed by atoms with van der Waals surface area (Å²) in [5.41, 5.74) is 2.82. The van der Waals surface area contributed by atoms with Crippen molar-refractivity contribution < 1.29 is 18.0 Å². The highest BCUT2D eigenvalue weighted by Gasteiger charge is 2.32. The van der Waals surface area contributed by atoms with Crippen molar-refractivity contribution in [1.82, 2.24) is 19.8 Å². The molecule has 0 bridgehead atoms. The number of rotatable bonds is 7. The van der Waals surface area contributed by atoms with Crippen LogP contribution in [0.25, 0.3) is 0 Å². The molecule has 2 N–H and O–H groups in total. The van der Waals surface area contributed by atoms with Gasteiger partial charge >= 0.3 is 6.18 Å². The highest BCUT2D eigenvalue weighted by Crippen LogP contribution is 2.31. The lowest BCUT2D eigenvalue weighted by Gasteiger charge is -2.32. The SMILES string of the molecule is Cc1ccc(NC(=O)c2cc(CN3CCN(C)CC3)cc(C(F)(F)F)c2)cc1CNc1cncnc1. The van der Waals surface area contributed by atoms with E-state index in [9.17, 15) is 18.0 Å². The van der Waals surface area contributed by atoms with Gasteiger partial charge < -0.3 is 15.5 Å². The molecule has 0 aliphatic carbocycles. The molecule has 1 amide bonds. The van der Waals surface area contributed by atoms with E-state index < -0.39 is 17.6 Å². The van der Waals surface area contributed by atoms with Gasteiger partial charge in [-0.15, -0.1) is 0 Å². The van der Waals surface area contributed by atoms with Gasteiger partial charge in [-0.3, -0.25) is 9.69 Å². The average molecular weight is 499 g/mol. The molecule has 0 radical (unpaired) electrons. The molecule has 1 saturated heterocycles. The number of aryl methyl sites for hydroxylation is 1. The van der Waals surface area contributed by atoms with E-state index in [2.05, 4.69) is 30.4 Å². The van der Waals surface area contributed by atoms with Crippen LogP contribution in [0.4, 0.5) is 24.5 Å². The van der Waals surface area contributed by atoms with Crippen LogP contribution in [0.5, 0.6) is 0 Å². The zero-order chi connectivity index (χ0) is 25.7. The van der Waals surface area contributed by atoms with Crippen molar-refractivity contribution >= 4 is 17.3 Å². The van der Waals surface area contributed by atoms with E-state index in [0.29, 0.717) is 24.3 Å².